The van der Waals surface area contributed by atoms with Gasteiger partial charge in [-0.1, -0.05) is 0 Å². The highest BCUT2D eigenvalue weighted by atomic mass is 35.5. The molecule has 1 aliphatic heterocycles. The Morgan fingerprint density at radius 1 is 1.57 bits per heavy atom. The lowest BCUT2D eigenvalue weighted by molar-refractivity contribution is 0.0417. The van der Waals surface area contributed by atoms with Crippen LogP contribution in [0.5, 0.6) is 0 Å². The molecule has 2 heterocycles. The van der Waals surface area contributed by atoms with E-state index in [1.54, 1.807) is 6.20 Å². The van der Waals surface area contributed by atoms with Crippen LogP contribution in [0.2, 0.25) is 0 Å². The topological polar surface area (TPSA) is 35.3 Å². The van der Waals surface area contributed by atoms with Crippen LogP contribution < -0.4 is 0 Å². The highest BCUT2D eigenvalue weighted by molar-refractivity contribution is 6.20. The average Bonchev–Trinajstić information content (AvgIpc) is 2.70. The number of aromatic nitrogens is 1. The summed E-state index contributed by atoms with van der Waals surface area (Å²) in [7, 11) is 0. The van der Waals surface area contributed by atoms with E-state index in [2.05, 4.69) is 11.9 Å². The van der Waals surface area contributed by atoms with Gasteiger partial charge in [-0.05, 0) is 26.7 Å². The van der Waals surface area contributed by atoms with Crippen molar-refractivity contribution < 1.29 is 9.15 Å². The first-order valence-corrected chi connectivity index (χ1v) is 5.35. The molecule has 3 atom stereocenters. The third-order valence-electron chi connectivity index (χ3n) is 2.43. The largest absolute Gasteiger partial charge is 0.441 e. The van der Waals surface area contributed by atoms with Gasteiger partial charge in [0, 0.05) is 0 Å². The van der Waals surface area contributed by atoms with Gasteiger partial charge in [0.15, 0.2) is 5.76 Å². The molecule has 3 nitrogen and oxygen atoms in total. The van der Waals surface area contributed by atoms with Crippen molar-refractivity contribution in [2.24, 2.45) is 0 Å². The molecule has 0 saturated carbocycles. The molecule has 0 aromatic carbocycles. The molecule has 14 heavy (non-hydrogen) atoms. The summed E-state index contributed by atoms with van der Waals surface area (Å²) < 4.78 is 11.2. The number of halogens is 1. The van der Waals surface area contributed by atoms with E-state index in [0.29, 0.717) is 12.0 Å². The van der Waals surface area contributed by atoms with Gasteiger partial charge >= 0.3 is 0 Å². The van der Waals surface area contributed by atoms with Crippen LogP contribution in [0.25, 0.3) is 0 Å². The number of hydrogen-bond acceptors (Lipinski definition) is 3. The lowest BCUT2D eigenvalue weighted by Gasteiger charge is -2.06. The number of nitrogens with zero attached hydrogens (tertiary/aromatic N) is 1. The summed E-state index contributed by atoms with van der Waals surface area (Å²) >= 11 is 5.85. The molecule has 1 aromatic rings. The Morgan fingerprint density at radius 3 is 2.86 bits per heavy atom. The summed E-state index contributed by atoms with van der Waals surface area (Å²) in [4.78, 5) is 4.11. The fraction of sp³-hybridized carbons (Fsp3) is 0.700. The molecule has 1 aromatic heterocycles. The number of hydrogen-bond donors (Lipinski definition) is 0. The number of oxazole rings is 1. The van der Waals surface area contributed by atoms with Gasteiger partial charge < -0.3 is 9.15 Å². The fourth-order valence-electron chi connectivity index (χ4n) is 1.65. The Hall–Kier alpha value is -0.540. The first kappa shape index (κ1) is 9.99. The molecule has 1 fully saturated rings. The second kappa shape index (κ2) is 3.91. The molecule has 0 bridgehead atoms. The molecule has 0 spiro atoms. The van der Waals surface area contributed by atoms with Gasteiger partial charge in [-0.2, -0.15) is 0 Å². The standard InChI is InChI=1S/C10H14ClNO2/c1-6-3-4-8(13-6)9-5-12-10(14-9)7(2)11/h5-8H,3-4H2,1-2H3. The van der Waals surface area contributed by atoms with E-state index < -0.39 is 0 Å². The molecule has 78 valence electrons. The summed E-state index contributed by atoms with van der Waals surface area (Å²) in [6.07, 6.45) is 4.20. The van der Waals surface area contributed by atoms with Crippen LogP contribution in [-0.4, -0.2) is 11.1 Å². The Kier molecular flexibility index (Phi) is 2.79. The highest BCUT2D eigenvalue weighted by Crippen LogP contribution is 2.33. The predicted octanol–water partition coefficient (Wildman–Crippen LogP) is 3.21. The van der Waals surface area contributed by atoms with Crippen LogP contribution in [0, 0.1) is 0 Å². The SMILES string of the molecule is CC1CCC(c2cnc(C(C)Cl)o2)O1. The van der Waals surface area contributed by atoms with Crippen molar-refractivity contribution in [1.82, 2.24) is 4.98 Å². The first-order chi connectivity index (χ1) is 6.66. The zero-order valence-electron chi connectivity index (χ0n) is 8.37. The van der Waals surface area contributed by atoms with Gasteiger partial charge in [0.05, 0.1) is 12.3 Å². The Morgan fingerprint density at radius 2 is 2.36 bits per heavy atom. The van der Waals surface area contributed by atoms with Crippen LogP contribution in [0.3, 0.4) is 0 Å². The van der Waals surface area contributed by atoms with E-state index in [1.807, 2.05) is 6.92 Å². The van der Waals surface area contributed by atoms with E-state index in [9.17, 15) is 0 Å². The van der Waals surface area contributed by atoms with Crippen molar-refractivity contribution >= 4 is 11.6 Å². The molecular formula is C10H14ClNO2. The van der Waals surface area contributed by atoms with Gasteiger partial charge in [0.2, 0.25) is 5.89 Å². The molecule has 0 radical (unpaired) electrons. The number of alkyl halides is 1. The lowest BCUT2D eigenvalue weighted by Crippen LogP contribution is -1.99. The van der Waals surface area contributed by atoms with E-state index >= 15 is 0 Å². The summed E-state index contributed by atoms with van der Waals surface area (Å²) in [5.74, 6) is 1.38. The Balaban J connectivity index is 2.09. The minimum absolute atomic E-state index is 0.0710. The summed E-state index contributed by atoms with van der Waals surface area (Å²) in [6.45, 7) is 3.91. The second-order valence-electron chi connectivity index (χ2n) is 3.73. The van der Waals surface area contributed by atoms with Crippen molar-refractivity contribution in [2.75, 3.05) is 0 Å². The lowest BCUT2D eigenvalue weighted by atomic mass is 10.2. The molecule has 0 amide bonds. The third-order valence-corrected chi connectivity index (χ3v) is 2.62. The molecule has 1 aliphatic rings. The molecular weight excluding hydrogens is 202 g/mol. The number of ether oxygens (including phenoxy) is 1. The molecule has 0 aliphatic carbocycles. The highest BCUT2D eigenvalue weighted by Gasteiger charge is 2.26. The smallest absolute Gasteiger partial charge is 0.212 e. The maximum atomic E-state index is 5.85. The third kappa shape index (κ3) is 1.93. The predicted molar refractivity (Wildman–Crippen MR) is 53.3 cm³/mol. The zero-order chi connectivity index (χ0) is 10.1. The zero-order valence-corrected chi connectivity index (χ0v) is 9.12. The second-order valence-corrected chi connectivity index (χ2v) is 4.38. The monoisotopic (exact) mass is 215 g/mol. The fourth-order valence-corrected chi connectivity index (χ4v) is 1.75. The van der Waals surface area contributed by atoms with E-state index in [0.717, 1.165) is 18.6 Å². The van der Waals surface area contributed by atoms with Gasteiger partial charge in [-0.25, -0.2) is 4.98 Å². The first-order valence-electron chi connectivity index (χ1n) is 4.92. The van der Waals surface area contributed by atoms with Gasteiger partial charge in [-0.15, -0.1) is 11.6 Å². The summed E-state index contributed by atoms with van der Waals surface area (Å²) in [5.41, 5.74) is 0. The van der Waals surface area contributed by atoms with E-state index in [1.165, 1.54) is 0 Å². The maximum Gasteiger partial charge on any atom is 0.212 e. The van der Waals surface area contributed by atoms with Crippen molar-refractivity contribution in [1.29, 1.82) is 0 Å². The van der Waals surface area contributed by atoms with Crippen LogP contribution in [0.4, 0.5) is 0 Å². The summed E-state index contributed by atoms with van der Waals surface area (Å²) in [5, 5.41) is -0.178. The maximum absolute atomic E-state index is 5.85. The average molecular weight is 216 g/mol. The summed E-state index contributed by atoms with van der Waals surface area (Å²) in [6, 6.07) is 0. The normalized spacial score (nSPS) is 29.4. The van der Waals surface area contributed by atoms with Crippen molar-refractivity contribution in [2.45, 2.75) is 44.3 Å². The minimum atomic E-state index is -0.178. The van der Waals surface area contributed by atoms with Crippen LogP contribution >= 0.6 is 11.6 Å². The molecule has 4 heteroatoms. The van der Waals surface area contributed by atoms with Crippen molar-refractivity contribution in [3.63, 3.8) is 0 Å². The quantitative estimate of drug-likeness (QED) is 0.711. The molecule has 0 N–H and O–H groups in total. The molecule has 2 rings (SSSR count). The van der Waals surface area contributed by atoms with Gasteiger partial charge in [0.25, 0.3) is 0 Å². The van der Waals surface area contributed by atoms with Crippen LogP contribution in [0.15, 0.2) is 10.6 Å². The van der Waals surface area contributed by atoms with E-state index in [4.69, 9.17) is 20.8 Å². The number of rotatable bonds is 2. The Bertz CT molecular complexity index is 311. The van der Waals surface area contributed by atoms with Gasteiger partial charge in [0.1, 0.15) is 11.5 Å². The van der Waals surface area contributed by atoms with Crippen LogP contribution in [0.1, 0.15) is 49.8 Å². The molecule has 3 unspecified atom stereocenters. The Labute approximate surface area is 88.4 Å². The van der Waals surface area contributed by atoms with E-state index in [-0.39, 0.29) is 11.5 Å². The minimum Gasteiger partial charge on any atom is -0.441 e. The van der Waals surface area contributed by atoms with Crippen molar-refractivity contribution in [3.8, 4) is 0 Å². The van der Waals surface area contributed by atoms with Gasteiger partial charge in [-0.3, -0.25) is 0 Å². The van der Waals surface area contributed by atoms with Crippen molar-refractivity contribution in [3.05, 3.63) is 17.8 Å². The molecule has 1 saturated heterocycles. The van der Waals surface area contributed by atoms with Crippen LogP contribution in [-0.2, 0) is 4.74 Å².